The summed E-state index contributed by atoms with van der Waals surface area (Å²) in [5.74, 6) is 1.67. The van der Waals surface area contributed by atoms with Gasteiger partial charge in [-0.15, -0.1) is 0 Å². The van der Waals surface area contributed by atoms with E-state index < -0.39 is 7.37 Å². The van der Waals surface area contributed by atoms with Gasteiger partial charge in [0.2, 0.25) is 0 Å². The predicted molar refractivity (Wildman–Crippen MR) is 101 cm³/mol. The van der Waals surface area contributed by atoms with Gasteiger partial charge in [0.15, 0.2) is 5.78 Å². The number of nitrogens with one attached hydrogen (secondary N) is 1. The van der Waals surface area contributed by atoms with Crippen molar-refractivity contribution in [3.8, 4) is 0 Å². The van der Waals surface area contributed by atoms with Crippen molar-refractivity contribution in [2.45, 2.75) is 26.2 Å². The molecule has 0 amide bonds. The van der Waals surface area contributed by atoms with E-state index >= 15 is 0 Å². The van der Waals surface area contributed by atoms with E-state index in [1.54, 1.807) is 0 Å². The first-order valence-corrected chi connectivity index (χ1v) is 10.7. The summed E-state index contributed by atoms with van der Waals surface area (Å²) in [5, 5.41) is 0. The summed E-state index contributed by atoms with van der Waals surface area (Å²) in [4.78, 5) is 1.19. The zero-order valence-electron chi connectivity index (χ0n) is 13.9. The lowest BCUT2D eigenvalue weighted by Gasteiger charge is -2.26. The predicted octanol–water partition coefficient (Wildman–Crippen LogP) is 4.72. The van der Waals surface area contributed by atoms with Gasteiger partial charge in [0, 0.05) is 22.5 Å². The van der Waals surface area contributed by atoms with Crippen molar-refractivity contribution in [3.63, 3.8) is 0 Å². The van der Waals surface area contributed by atoms with Gasteiger partial charge in [0.25, 0.3) is 7.37 Å². The first kappa shape index (κ1) is 17.6. The van der Waals surface area contributed by atoms with Crippen molar-refractivity contribution in [2.24, 2.45) is 0 Å². The molecule has 3 rings (SSSR count). The second-order valence-electron chi connectivity index (χ2n) is 6.02. The number of quaternary nitrogens is 1. The van der Waals surface area contributed by atoms with Crippen LogP contribution in [0, 0.1) is 0 Å². The number of rotatable bonds is 5. The highest BCUT2D eigenvalue weighted by molar-refractivity contribution is 9.10. The number of hydrogen-bond donors (Lipinski definition) is 1. The lowest BCUT2D eigenvalue weighted by atomic mass is 10.1. The molecule has 3 atom stereocenters. The van der Waals surface area contributed by atoms with Crippen LogP contribution >= 0.6 is 23.3 Å². The van der Waals surface area contributed by atoms with E-state index in [0.29, 0.717) is 6.61 Å². The summed E-state index contributed by atoms with van der Waals surface area (Å²) in [7, 11) is -2.88. The Bertz CT molecular complexity index is 774. The van der Waals surface area contributed by atoms with Gasteiger partial charge >= 0.3 is 0 Å². The molecule has 24 heavy (non-hydrogen) atoms. The van der Waals surface area contributed by atoms with Gasteiger partial charge in [-0.3, -0.25) is 9.46 Å². The third-order valence-corrected chi connectivity index (χ3v) is 7.59. The monoisotopic (exact) mass is 406 g/mol. The second-order valence-corrected chi connectivity index (χ2v) is 9.26. The Labute approximate surface area is 151 Å². The highest BCUT2D eigenvalue weighted by Crippen LogP contribution is 2.61. The third-order valence-electron chi connectivity index (χ3n) is 4.32. The minimum Gasteiger partial charge on any atom is -0.322 e. The summed E-state index contributed by atoms with van der Waals surface area (Å²) >= 11 is 3.47. The molecule has 2 aromatic carbocycles. The van der Waals surface area contributed by atoms with E-state index in [2.05, 4.69) is 28.1 Å². The molecule has 5 heteroatoms. The van der Waals surface area contributed by atoms with Crippen LogP contribution in [0.2, 0.25) is 0 Å². The van der Waals surface area contributed by atoms with Crippen molar-refractivity contribution in [2.75, 3.05) is 6.61 Å². The average molecular weight is 407 g/mol. The molecule has 1 N–H and O–H groups in total. The molecule has 3 nitrogen and oxygen atoms in total. The Morgan fingerprint density at radius 1 is 1.12 bits per heavy atom. The van der Waals surface area contributed by atoms with E-state index in [9.17, 15) is 4.57 Å². The van der Waals surface area contributed by atoms with Gasteiger partial charge in [0.1, 0.15) is 12.2 Å². The molecular weight excluding hydrogens is 385 g/mol. The largest absolute Gasteiger partial charge is 0.322 e. The van der Waals surface area contributed by atoms with Crippen LogP contribution in [0.3, 0.4) is 0 Å². The molecule has 1 heterocycles. The SMILES string of the molecule is CCO[P@@]1(=O)C=C(C)[NH+](Cc2ccccc2)[C@@H]1c1ccc(Br)cc1. The Balaban J connectivity index is 2.00. The van der Waals surface area contributed by atoms with Gasteiger partial charge in [-0.1, -0.05) is 58.4 Å². The van der Waals surface area contributed by atoms with Crippen LogP contribution in [-0.4, -0.2) is 6.61 Å². The summed E-state index contributed by atoms with van der Waals surface area (Å²) < 4.78 is 20.3. The smallest absolute Gasteiger partial charge is 0.291 e. The molecule has 1 unspecified atom stereocenters. The van der Waals surface area contributed by atoms with E-state index in [1.807, 2.05) is 62.1 Å². The molecule has 0 bridgehead atoms. The maximum absolute atomic E-state index is 13.5. The van der Waals surface area contributed by atoms with Gasteiger partial charge in [0.05, 0.1) is 12.4 Å². The van der Waals surface area contributed by atoms with Gasteiger partial charge in [-0.2, -0.15) is 0 Å². The fourth-order valence-electron chi connectivity index (χ4n) is 3.28. The number of hydrogen-bond acceptors (Lipinski definition) is 2. The zero-order valence-corrected chi connectivity index (χ0v) is 16.4. The average Bonchev–Trinajstić information content (AvgIpc) is 2.80. The van der Waals surface area contributed by atoms with E-state index in [1.165, 1.54) is 10.5 Å². The zero-order chi connectivity index (χ0) is 17.2. The van der Waals surface area contributed by atoms with E-state index in [4.69, 9.17) is 4.52 Å². The van der Waals surface area contributed by atoms with Gasteiger partial charge in [-0.05, 0) is 19.1 Å². The summed E-state index contributed by atoms with van der Waals surface area (Å²) in [5.41, 5.74) is 3.37. The molecule has 1 aliphatic rings. The highest BCUT2D eigenvalue weighted by Gasteiger charge is 2.48. The van der Waals surface area contributed by atoms with Crippen LogP contribution in [-0.2, 0) is 15.6 Å². The first-order valence-electron chi connectivity index (χ1n) is 8.12. The van der Waals surface area contributed by atoms with Gasteiger partial charge in [-0.25, -0.2) is 0 Å². The van der Waals surface area contributed by atoms with E-state index in [-0.39, 0.29) is 5.78 Å². The summed E-state index contributed by atoms with van der Waals surface area (Å²) in [6, 6.07) is 18.4. The summed E-state index contributed by atoms with van der Waals surface area (Å²) in [6.07, 6.45) is 0. The highest BCUT2D eigenvalue weighted by atomic mass is 79.9. The lowest BCUT2D eigenvalue weighted by molar-refractivity contribution is -0.890. The first-order chi connectivity index (χ1) is 11.5. The van der Waals surface area contributed by atoms with E-state index in [0.717, 1.165) is 22.3 Å². The molecule has 0 aliphatic carbocycles. The normalized spacial score (nSPS) is 26.4. The van der Waals surface area contributed by atoms with Crippen LogP contribution in [0.5, 0.6) is 0 Å². The van der Waals surface area contributed by atoms with Crippen LogP contribution in [0.4, 0.5) is 0 Å². The topological polar surface area (TPSA) is 30.7 Å². The molecule has 0 saturated heterocycles. The number of benzene rings is 2. The molecule has 126 valence electrons. The maximum Gasteiger partial charge on any atom is 0.291 e. The molecule has 2 aromatic rings. The fourth-order valence-corrected chi connectivity index (χ4v) is 6.34. The molecule has 0 aromatic heterocycles. The van der Waals surface area contributed by atoms with Crippen LogP contribution in [0.25, 0.3) is 0 Å². The Morgan fingerprint density at radius 3 is 2.42 bits per heavy atom. The number of halogens is 1. The molecule has 0 saturated carbocycles. The molecular formula is C19H22BrNO2P+. The third kappa shape index (κ3) is 3.57. The number of allylic oxidation sites excluding steroid dienone is 1. The van der Waals surface area contributed by atoms with Crippen LogP contribution in [0.15, 0.2) is 70.6 Å². The fraction of sp³-hybridized carbons (Fsp3) is 0.263. The van der Waals surface area contributed by atoms with Crippen molar-refractivity contribution in [1.29, 1.82) is 0 Å². The maximum atomic E-state index is 13.5. The van der Waals surface area contributed by atoms with Crippen molar-refractivity contribution >= 4 is 23.3 Å². The molecule has 0 spiro atoms. The molecule has 0 fully saturated rings. The molecule has 1 aliphatic heterocycles. The Hall–Kier alpha value is -1.19. The van der Waals surface area contributed by atoms with Crippen molar-refractivity contribution in [3.05, 3.63) is 81.7 Å². The van der Waals surface area contributed by atoms with Gasteiger partial charge < -0.3 is 4.52 Å². The second kappa shape index (κ2) is 7.37. The quantitative estimate of drug-likeness (QED) is 0.728. The Morgan fingerprint density at radius 2 is 1.79 bits per heavy atom. The Kier molecular flexibility index (Phi) is 5.41. The minimum atomic E-state index is -2.88. The minimum absolute atomic E-state index is 0.189. The van der Waals surface area contributed by atoms with Crippen molar-refractivity contribution in [1.82, 2.24) is 0 Å². The molecule has 0 radical (unpaired) electrons. The van der Waals surface area contributed by atoms with Crippen LogP contribution < -0.4 is 4.90 Å². The standard InChI is InChI=1S/C19H21BrNO2P/c1-3-23-24(22)14-15(2)21(13-16-7-5-4-6-8-16)19(24)17-9-11-18(20)12-10-17/h4-12,14,19H,3,13H2,1-2H3/p+1/t19-,24-/m0/s1. The lowest BCUT2D eigenvalue weighted by Crippen LogP contribution is -3.07. The van der Waals surface area contributed by atoms with Crippen molar-refractivity contribution < 1.29 is 14.0 Å². The van der Waals surface area contributed by atoms with Crippen LogP contribution in [0.1, 0.15) is 30.8 Å². The summed E-state index contributed by atoms with van der Waals surface area (Å²) in [6.45, 7) is 5.19.